The summed E-state index contributed by atoms with van der Waals surface area (Å²) in [4.78, 5) is 26.6. The highest BCUT2D eigenvalue weighted by Gasteiger charge is 2.51. The van der Waals surface area contributed by atoms with Crippen molar-refractivity contribution >= 4 is 11.9 Å². The molecule has 16 N–H and O–H groups in total. The number of hydrogen-bond acceptors (Lipinski definition) is 20. The van der Waals surface area contributed by atoms with Gasteiger partial charge in [-0.2, -0.15) is 0 Å². The normalized spacial score (nSPS) is 41.8. The van der Waals surface area contributed by atoms with E-state index in [1.54, 1.807) is 86.8 Å². The molecule has 0 aromatic rings. The number of hydrogen-bond donors (Lipinski definition) is 15. The Morgan fingerprint density at radius 3 is 1.85 bits per heavy atom. The number of carbonyl (C=O) groups excluding carboxylic acids is 2. The number of allylic oxidation sites excluding steroid dienone is 12. The summed E-state index contributed by atoms with van der Waals surface area (Å²) < 4.78 is 23.2. The van der Waals surface area contributed by atoms with E-state index in [1.165, 1.54) is 6.08 Å². The van der Waals surface area contributed by atoms with Crippen molar-refractivity contribution in [1.82, 2.24) is 5.32 Å². The molecule has 0 aliphatic carbocycles. The van der Waals surface area contributed by atoms with Crippen LogP contribution in [0.25, 0.3) is 0 Å². The highest BCUT2D eigenvalue weighted by molar-refractivity contribution is 5.81. The minimum atomic E-state index is -2.41. The van der Waals surface area contributed by atoms with Gasteiger partial charge in [0.15, 0.2) is 12.1 Å². The summed E-state index contributed by atoms with van der Waals surface area (Å²) in [5.74, 6) is -6.54. The van der Waals surface area contributed by atoms with E-state index in [0.29, 0.717) is 0 Å². The molecular formula is C50H80N2O19. The Morgan fingerprint density at radius 1 is 0.704 bits per heavy atom. The molecule has 0 aromatic heterocycles. The van der Waals surface area contributed by atoms with Gasteiger partial charge in [-0.15, -0.1) is 0 Å². The zero-order valence-corrected chi connectivity index (χ0v) is 40.7. The molecule has 21 heteroatoms. The maximum atomic E-state index is 13.9. The predicted molar refractivity (Wildman–Crippen MR) is 257 cm³/mol. The lowest BCUT2D eigenvalue weighted by atomic mass is 9.81. The van der Waals surface area contributed by atoms with E-state index >= 15 is 0 Å². The fourth-order valence-corrected chi connectivity index (χ4v) is 8.35. The summed E-state index contributed by atoms with van der Waals surface area (Å²) in [6.45, 7) is 2.15. The van der Waals surface area contributed by atoms with Crippen molar-refractivity contribution in [1.29, 1.82) is 0 Å². The Balaban J connectivity index is 1.96. The fraction of sp³-hybridized carbons (Fsp3) is 0.680. The second-order valence-corrected chi connectivity index (χ2v) is 19.0. The summed E-state index contributed by atoms with van der Waals surface area (Å²) in [6, 6.07) is -1.18. The van der Waals surface area contributed by atoms with Gasteiger partial charge in [-0.25, -0.2) is 0 Å². The van der Waals surface area contributed by atoms with Crippen molar-refractivity contribution in [2.45, 2.75) is 169 Å². The lowest BCUT2D eigenvalue weighted by Gasteiger charge is -2.46. The van der Waals surface area contributed by atoms with Gasteiger partial charge >= 0.3 is 5.97 Å². The maximum Gasteiger partial charge on any atom is 0.308 e. The van der Waals surface area contributed by atoms with Crippen LogP contribution in [0.15, 0.2) is 85.1 Å². The molecule has 3 heterocycles. The van der Waals surface area contributed by atoms with Gasteiger partial charge in [0.1, 0.15) is 17.7 Å². The van der Waals surface area contributed by atoms with Gasteiger partial charge in [0.05, 0.1) is 106 Å². The number of ether oxygens (including phenoxy) is 4. The van der Waals surface area contributed by atoms with E-state index in [9.17, 15) is 76.0 Å². The third-order valence-electron chi connectivity index (χ3n) is 13.0. The van der Waals surface area contributed by atoms with Crippen molar-refractivity contribution in [3.63, 3.8) is 0 Å². The zero-order valence-electron chi connectivity index (χ0n) is 40.7. The summed E-state index contributed by atoms with van der Waals surface area (Å²) in [5, 5.41) is 142. The van der Waals surface area contributed by atoms with Gasteiger partial charge < -0.3 is 96.4 Å². The molecule has 0 radical (unpaired) electrons. The third-order valence-corrected chi connectivity index (χ3v) is 13.0. The molecular weight excluding hydrogens is 933 g/mol. The monoisotopic (exact) mass is 1010 g/mol. The molecule has 0 aromatic carbocycles. The molecule has 404 valence electrons. The van der Waals surface area contributed by atoms with E-state index in [2.05, 4.69) is 5.32 Å². The molecule has 71 heavy (non-hydrogen) atoms. The number of amides is 1. The van der Waals surface area contributed by atoms with E-state index < -0.39 is 166 Å². The Labute approximate surface area is 415 Å². The number of fused-ring (bicyclic) bond motifs is 2. The smallest absolute Gasteiger partial charge is 0.308 e. The average molecular weight is 1010 g/mol. The third kappa shape index (κ3) is 20.3. The highest BCUT2D eigenvalue weighted by atomic mass is 16.7. The number of nitrogens with one attached hydrogen (secondary N) is 1. The van der Waals surface area contributed by atoms with E-state index in [1.807, 2.05) is 13.0 Å². The number of cyclic esters (lactones) is 1. The standard InChI is InChI=1S/C50H80N2O19/c1-30-16-14-12-10-8-6-4-5-7-9-11-13-15-17-36(70-48-46(65)44(51)40(62)26-68-48)23-41-43(47(66)52-49(27-53,28-54)29-55)39(61)25-50(67,71-41)24-35(58)21-38(60)37(59)19-18-33(56)20-34(57)22-42(63)69-32(3)31(2)45(30)64/h4-17,30-41,43-46,48,53-62,64-65,67H,18-29,51H2,1-3H3,(H,52,66)/b5-4+,8-6+,9-7+,12-10+,13-11+,16-14+,17-15+/t30-,31-,32-,33?,34?,35?,36?,37?,38?,39-,40?,41-,43?,44-,45?,46?,48-,50?/m0/s1. The Morgan fingerprint density at radius 2 is 1.27 bits per heavy atom. The largest absolute Gasteiger partial charge is 0.462 e. The SMILES string of the molecule is C[C@@H]1OC(=O)CC(O)CC(O)CCC(O)C(O)CC(O)CC2(O)C[C@H](O)C(C(=O)NC(CO)(CO)CO)[C@H](CC(O[C@@H]3OCC(O)[C@H](N)C3O)/C=C/C=C/C=C/C=C/C=C/C=C/C=C/[C@H](C)C(O)[C@H]1C)O2. The zero-order chi connectivity index (χ0) is 52.9. The second kappa shape index (κ2) is 30.6. The van der Waals surface area contributed by atoms with Crippen LogP contribution < -0.4 is 11.1 Å². The molecule has 3 rings (SSSR count). The van der Waals surface area contributed by atoms with Gasteiger partial charge in [-0.05, 0) is 26.2 Å². The predicted octanol–water partition coefficient (Wildman–Crippen LogP) is -1.93. The topological polar surface area (TPSA) is 372 Å². The fourth-order valence-electron chi connectivity index (χ4n) is 8.35. The summed E-state index contributed by atoms with van der Waals surface area (Å²) in [5.41, 5.74) is 4.05. The molecule has 3 aliphatic heterocycles. The first-order chi connectivity index (χ1) is 33.6. The summed E-state index contributed by atoms with van der Waals surface area (Å²) in [6.07, 6.45) is 3.19. The number of aliphatic hydroxyl groups excluding tert-OH is 12. The van der Waals surface area contributed by atoms with Gasteiger partial charge in [0, 0.05) is 37.5 Å². The Kier molecular flexibility index (Phi) is 26.6. The van der Waals surface area contributed by atoms with Crippen molar-refractivity contribution in [2.24, 2.45) is 23.5 Å². The number of esters is 1. The van der Waals surface area contributed by atoms with Gasteiger partial charge in [-0.1, -0.05) is 98.9 Å². The Hall–Kier alpha value is -3.56. The van der Waals surface area contributed by atoms with Crippen LogP contribution in [0.1, 0.15) is 72.1 Å². The van der Waals surface area contributed by atoms with Gasteiger partial charge in [0.2, 0.25) is 5.91 Å². The number of rotatable bonds is 7. The van der Waals surface area contributed by atoms with Crippen LogP contribution in [0.2, 0.25) is 0 Å². The second-order valence-electron chi connectivity index (χ2n) is 19.0. The van der Waals surface area contributed by atoms with Crippen LogP contribution in [0, 0.1) is 17.8 Å². The first-order valence-electron chi connectivity index (χ1n) is 24.2. The van der Waals surface area contributed by atoms with Crippen LogP contribution in [0.5, 0.6) is 0 Å². The summed E-state index contributed by atoms with van der Waals surface area (Å²) >= 11 is 0. The van der Waals surface area contributed by atoms with Gasteiger partial charge in [-0.3, -0.25) is 9.59 Å². The molecule has 0 saturated carbocycles. The molecule has 11 unspecified atom stereocenters. The molecule has 21 nitrogen and oxygen atoms in total. The minimum Gasteiger partial charge on any atom is -0.462 e. The van der Waals surface area contributed by atoms with E-state index in [4.69, 9.17) is 24.7 Å². The lowest BCUT2D eigenvalue weighted by molar-refractivity contribution is -0.304. The van der Waals surface area contributed by atoms with Gasteiger partial charge in [0.25, 0.3) is 0 Å². The highest BCUT2D eigenvalue weighted by Crippen LogP contribution is 2.38. The minimum absolute atomic E-state index is 0.137. The average Bonchev–Trinajstić information content (AvgIpc) is 3.31. The van der Waals surface area contributed by atoms with E-state index in [0.717, 1.165) is 0 Å². The van der Waals surface area contributed by atoms with E-state index in [-0.39, 0.29) is 38.2 Å². The van der Waals surface area contributed by atoms with Crippen LogP contribution in [-0.4, -0.2) is 202 Å². The number of aliphatic hydroxyl groups is 13. The number of nitrogens with two attached hydrogens (primary N) is 1. The quantitative estimate of drug-likeness (QED) is 0.124. The lowest BCUT2D eigenvalue weighted by Crippen LogP contribution is -2.63. The molecule has 2 saturated heterocycles. The van der Waals surface area contributed by atoms with Crippen molar-refractivity contribution < 1.29 is 94.9 Å². The van der Waals surface area contributed by atoms with Crippen molar-refractivity contribution in [3.05, 3.63) is 85.1 Å². The molecule has 18 atom stereocenters. The van der Waals surface area contributed by atoms with Crippen LogP contribution in [0.3, 0.4) is 0 Å². The van der Waals surface area contributed by atoms with Crippen molar-refractivity contribution in [2.75, 3.05) is 26.4 Å². The Bertz CT molecular complexity index is 1800. The maximum absolute atomic E-state index is 13.9. The first-order valence-corrected chi connectivity index (χ1v) is 24.2. The first kappa shape index (κ1) is 61.7. The van der Waals surface area contributed by atoms with Crippen LogP contribution >= 0.6 is 0 Å². The van der Waals surface area contributed by atoms with Crippen LogP contribution in [0.4, 0.5) is 0 Å². The molecule has 3 aliphatic rings. The molecule has 2 fully saturated rings. The number of carbonyl (C=O) groups is 2. The van der Waals surface area contributed by atoms with Crippen LogP contribution in [-0.2, 0) is 28.5 Å². The van der Waals surface area contributed by atoms with Crippen molar-refractivity contribution in [3.8, 4) is 0 Å². The molecule has 0 spiro atoms. The molecule has 1 amide bonds. The molecule has 2 bridgehead atoms. The summed E-state index contributed by atoms with van der Waals surface area (Å²) in [7, 11) is 0.